The number of aliphatic hydroxyl groups is 1. The number of carbonyl (C=O) groups excluding carboxylic acids is 4. The van der Waals surface area contributed by atoms with E-state index >= 15 is 0 Å². The average Bonchev–Trinajstić information content (AvgIpc) is 4.00. The highest BCUT2D eigenvalue weighted by molar-refractivity contribution is 7.54. The number of carbonyl (C=O) groups is 4. The van der Waals surface area contributed by atoms with E-state index in [4.69, 9.17) is 40.2 Å². The molecule has 29 heteroatoms. The Labute approximate surface area is 424 Å². The molecular weight excluding hydrogens is 1000 g/mol. The molecule has 3 aliphatic rings. The lowest BCUT2D eigenvalue weighted by molar-refractivity contribution is -0.165. The predicted molar refractivity (Wildman–Crippen MR) is 259 cm³/mol. The largest absolute Gasteiger partial charge is 0.570 e. The van der Waals surface area contributed by atoms with Gasteiger partial charge in [-0.2, -0.15) is 37.4 Å². The SMILES string of the molecule is C#CCCCC(=O)NCCCOCCOCCOCCCNC(=O)[C@H](CC(=O)NCCCCCCNc1nc(N)c2ncn(C3OC4CO[P+](O)(O)OC4C3O)c2n1)NC(=O)c1ccc(C2(C(F)(F)F)NN2)cc1. The Kier molecular flexibility index (Phi) is 21.8. The number of nitrogens with two attached hydrogens (primary N) is 1. The van der Waals surface area contributed by atoms with E-state index in [0.717, 1.165) is 18.6 Å². The van der Waals surface area contributed by atoms with E-state index in [1.165, 1.54) is 23.0 Å². The van der Waals surface area contributed by atoms with Crippen LogP contribution in [-0.4, -0.2) is 161 Å². The first-order valence-corrected chi connectivity index (χ1v) is 25.8. The Hall–Kier alpha value is -5.41. The summed E-state index contributed by atoms with van der Waals surface area (Å²) in [5, 5.41) is 24.9. The van der Waals surface area contributed by atoms with Crippen LogP contribution in [-0.2, 0) is 48.0 Å². The fourth-order valence-corrected chi connectivity index (χ4v) is 8.77. The van der Waals surface area contributed by atoms with Crippen LogP contribution in [0.25, 0.3) is 11.2 Å². The quantitative estimate of drug-likeness (QED) is 0.0177. The lowest BCUT2D eigenvalue weighted by Gasteiger charge is -2.24. The van der Waals surface area contributed by atoms with Crippen LogP contribution in [0.2, 0.25) is 0 Å². The van der Waals surface area contributed by atoms with Crippen LogP contribution in [0.1, 0.15) is 86.4 Å². The van der Waals surface area contributed by atoms with Crippen molar-refractivity contribution in [1.82, 2.24) is 51.6 Å². The summed E-state index contributed by atoms with van der Waals surface area (Å²) in [5.41, 5.74) is 8.29. The summed E-state index contributed by atoms with van der Waals surface area (Å²) in [6, 6.07) is 3.36. The second-order valence-electron chi connectivity index (χ2n) is 17.4. The highest BCUT2D eigenvalue weighted by Gasteiger charge is 2.65. The fraction of sp³-hybridized carbons (Fsp3) is 0.622. The Morgan fingerprint density at radius 1 is 0.892 bits per heavy atom. The summed E-state index contributed by atoms with van der Waals surface area (Å²) in [7, 11) is -4.09. The summed E-state index contributed by atoms with van der Waals surface area (Å²) in [6.07, 6.45) is 2.75. The van der Waals surface area contributed by atoms with E-state index in [9.17, 15) is 47.2 Å². The average molecular weight is 1070 g/mol. The number of hydrazine groups is 1. The van der Waals surface area contributed by atoms with Gasteiger partial charge in [-0.1, -0.05) is 25.0 Å². The molecule has 6 rings (SSSR count). The molecule has 4 unspecified atom stereocenters. The van der Waals surface area contributed by atoms with E-state index in [-0.39, 0.29) is 66.3 Å². The van der Waals surface area contributed by atoms with E-state index in [0.29, 0.717) is 97.5 Å². The molecule has 408 valence electrons. The van der Waals surface area contributed by atoms with Gasteiger partial charge in [-0.05, 0) is 49.8 Å². The molecule has 3 aliphatic heterocycles. The smallest absolute Gasteiger partial charge is 0.385 e. The Morgan fingerprint density at radius 3 is 2.19 bits per heavy atom. The second kappa shape index (κ2) is 27.9. The van der Waals surface area contributed by atoms with Crippen LogP contribution in [0.5, 0.6) is 0 Å². The fourth-order valence-electron chi connectivity index (χ4n) is 7.79. The zero-order valence-corrected chi connectivity index (χ0v) is 41.5. The summed E-state index contributed by atoms with van der Waals surface area (Å²) in [4.78, 5) is 84.1. The van der Waals surface area contributed by atoms with E-state index in [1.54, 1.807) is 0 Å². The number of hydrogen-bond donors (Lipinski definition) is 11. The maximum absolute atomic E-state index is 13.6. The number of ether oxygens (including phenoxy) is 4. The van der Waals surface area contributed by atoms with Crippen molar-refractivity contribution in [3.05, 3.63) is 41.7 Å². The predicted octanol–water partition coefficient (Wildman–Crippen LogP) is 0.710. The van der Waals surface area contributed by atoms with Crippen molar-refractivity contribution in [2.45, 2.75) is 107 Å². The number of hydrogen-bond acceptors (Lipinski definition) is 20. The number of nitrogens with one attached hydrogen (secondary N) is 7. The van der Waals surface area contributed by atoms with Gasteiger partial charge in [0.05, 0.1) is 39.2 Å². The van der Waals surface area contributed by atoms with Crippen LogP contribution in [0.15, 0.2) is 30.6 Å². The number of nitrogens with zero attached hydrogens (tertiary/aromatic N) is 4. The van der Waals surface area contributed by atoms with Gasteiger partial charge in [-0.25, -0.2) is 15.8 Å². The molecule has 12 N–H and O–H groups in total. The zero-order chi connectivity index (χ0) is 53.1. The minimum absolute atomic E-state index is 0.0234. The number of fused-ring (bicyclic) bond motifs is 2. The van der Waals surface area contributed by atoms with E-state index in [2.05, 4.69) is 58.3 Å². The van der Waals surface area contributed by atoms with Crippen molar-refractivity contribution < 1.29 is 75.2 Å². The third-order valence-electron chi connectivity index (χ3n) is 11.8. The second-order valence-corrected chi connectivity index (χ2v) is 18.9. The van der Waals surface area contributed by atoms with Gasteiger partial charge >= 0.3 is 14.3 Å². The van der Waals surface area contributed by atoms with Gasteiger partial charge in [0.15, 0.2) is 23.8 Å². The summed E-state index contributed by atoms with van der Waals surface area (Å²) < 4.78 is 74.8. The topological polar surface area (TPSA) is 358 Å². The van der Waals surface area contributed by atoms with Gasteiger partial charge in [0.2, 0.25) is 29.3 Å². The van der Waals surface area contributed by atoms with Crippen molar-refractivity contribution in [3.8, 4) is 12.3 Å². The van der Waals surface area contributed by atoms with Crippen molar-refractivity contribution >= 4 is 54.7 Å². The standard InChI is InChI=1S/C45H64F3N12O13P/c1-2-3-6-11-33(61)50-18-9-20-68-22-24-70-25-23-69-21-10-19-52-41(65)31(55-40(64)29-12-14-30(15-13-29)44(58-59-44)45(46,47)48)26-34(62)51-16-7-4-5-8-17-53-43-56-38(49)35-39(57-43)60(28-54-35)42-36(63)37-32(72-42)27-71-74(66,67)73-37/h1,12-15,28,31-32,36-37,42,58-59,63,66-67H,3-11,16-27H2,(H6-,49,50,51,52,53,55,56,57,61,62,64,65)/p+1/t31-,32?,36?,37?,42?/m0/s1. The number of halogens is 3. The molecule has 5 heterocycles. The molecule has 0 radical (unpaired) electrons. The van der Waals surface area contributed by atoms with Crippen LogP contribution in [0, 0.1) is 12.3 Å². The number of aromatic nitrogens is 4. The molecular formula is C45H65F3N12O13P+. The number of nitrogen functional groups attached to an aromatic ring is 1. The lowest BCUT2D eigenvalue weighted by atomic mass is 10.0. The third-order valence-corrected chi connectivity index (χ3v) is 12.8. The van der Waals surface area contributed by atoms with Crippen molar-refractivity contribution in [2.75, 3.05) is 83.5 Å². The molecule has 0 aliphatic carbocycles. The number of alkyl halides is 3. The number of unbranched alkanes of at least 4 members (excludes halogenated alkanes) is 4. The molecule has 74 heavy (non-hydrogen) atoms. The van der Waals surface area contributed by atoms with Gasteiger partial charge < -0.3 is 56.4 Å². The number of benzene rings is 1. The molecule has 3 fully saturated rings. The number of terminal acetylenes is 1. The lowest BCUT2D eigenvalue weighted by Crippen LogP contribution is -2.49. The molecule has 0 spiro atoms. The van der Waals surface area contributed by atoms with Crippen LogP contribution >= 0.6 is 8.17 Å². The highest BCUT2D eigenvalue weighted by atomic mass is 31.2. The van der Waals surface area contributed by atoms with Gasteiger partial charge in [0, 0.05) is 57.8 Å². The first-order valence-electron chi connectivity index (χ1n) is 24.3. The third kappa shape index (κ3) is 16.8. The number of imidazole rings is 1. The van der Waals surface area contributed by atoms with Gasteiger partial charge in [0.25, 0.3) is 5.91 Å². The maximum Gasteiger partial charge on any atom is 0.570 e. The molecule has 4 amide bonds. The summed E-state index contributed by atoms with van der Waals surface area (Å²) in [6.45, 7) is 3.29. The molecule has 3 saturated heterocycles. The normalized spacial score (nSPS) is 20.0. The number of amides is 4. The Balaban J connectivity index is 0.876. The van der Waals surface area contributed by atoms with Crippen LogP contribution in [0.3, 0.4) is 0 Å². The Bertz CT molecular complexity index is 2360. The first-order chi connectivity index (χ1) is 35.5. The molecule has 2 aromatic heterocycles. The van der Waals surface area contributed by atoms with Crippen molar-refractivity contribution in [3.63, 3.8) is 0 Å². The molecule has 1 aromatic carbocycles. The zero-order valence-electron chi connectivity index (χ0n) is 40.6. The Morgan fingerprint density at radius 2 is 1.53 bits per heavy atom. The monoisotopic (exact) mass is 1070 g/mol. The van der Waals surface area contributed by atoms with Crippen LogP contribution in [0.4, 0.5) is 24.9 Å². The van der Waals surface area contributed by atoms with Crippen LogP contribution < -0.4 is 43.2 Å². The van der Waals surface area contributed by atoms with Gasteiger partial charge in [-0.15, -0.1) is 16.9 Å². The highest BCUT2D eigenvalue weighted by Crippen LogP contribution is 2.59. The van der Waals surface area contributed by atoms with Crippen molar-refractivity contribution in [1.29, 1.82) is 0 Å². The molecule has 5 atom stereocenters. The maximum atomic E-state index is 13.6. The van der Waals surface area contributed by atoms with Gasteiger partial charge in [0.1, 0.15) is 30.4 Å². The molecule has 3 aromatic rings. The minimum atomic E-state index is -4.64. The summed E-state index contributed by atoms with van der Waals surface area (Å²) in [5.74, 6) is 0.815. The number of aliphatic hydroxyl groups excluding tert-OH is 1. The summed E-state index contributed by atoms with van der Waals surface area (Å²) >= 11 is 0. The number of anilines is 2. The molecule has 0 bridgehead atoms. The first kappa shape index (κ1) is 57.9. The number of rotatable bonds is 32. The minimum Gasteiger partial charge on any atom is -0.385 e. The van der Waals surface area contributed by atoms with Crippen molar-refractivity contribution in [2.24, 2.45) is 0 Å². The van der Waals surface area contributed by atoms with Gasteiger partial charge in [-0.3, -0.25) is 23.7 Å². The van der Waals surface area contributed by atoms with E-state index < -0.39 is 74.7 Å². The molecule has 0 saturated carbocycles. The van der Waals surface area contributed by atoms with E-state index in [1.807, 2.05) is 0 Å². The molecule has 25 nitrogen and oxygen atoms in total.